The predicted octanol–water partition coefficient (Wildman–Crippen LogP) is 4.12. The van der Waals surface area contributed by atoms with Crippen LogP contribution in [0.15, 0.2) is 45.8 Å². The second-order valence-electron chi connectivity index (χ2n) is 5.70. The summed E-state index contributed by atoms with van der Waals surface area (Å²) in [5.41, 5.74) is 1.72. The maximum atomic E-state index is 12.5. The van der Waals surface area contributed by atoms with E-state index >= 15 is 0 Å². The van der Waals surface area contributed by atoms with E-state index in [-0.39, 0.29) is 16.9 Å². The Kier molecular flexibility index (Phi) is 4.86. The Labute approximate surface area is 151 Å². The molecular formula is C17H13ClF3N3O2. The third kappa shape index (κ3) is 3.96. The molecule has 0 amide bonds. The molecule has 0 unspecified atom stereocenters. The number of rotatable bonds is 4. The fourth-order valence-electron chi connectivity index (χ4n) is 2.33. The van der Waals surface area contributed by atoms with E-state index in [0.29, 0.717) is 18.0 Å². The SMILES string of the molecule is Cc1ccc(CCn2ccc(-c3noc(C(F)(F)F)n3)cc2=O)cc1Cl. The van der Waals surface area contributed by atoms with Crippen LogP contribution in [0.3, 0.4) is 0 Å². The van der Waals surface area contributed by atoms with Crippen molar-refractivity contribution in [2.45, 2.75) is 26.1 Å². The molecule has 2 aromatic heterocycles. The molecule has 0 aliphatic rings. The third-order valence-electron chi connectivity index (χ3n) is 3.80. The van der Waals surface area contributed by atoms with Gasteiger partial charge in [-0.2, -0.15) is 18.2 Å². The summed E-state index contributed by atoms with van der Waals surface area (Å²) < 4.78 is 43.1. The summed E-state index contributed by atoms with van der Waals surface area (Å²) in [6.07, 6.45) is -2.66. The van der Waals surface area contributed by atoms with E-state index in [9.17, 15) is 18.0 Å². The van der Waals surface area contributed by atoms with Crippen molar-refractivity contribution < 1.29 is 17.7 Å². The van der Waals surface area contributed by atoms with Gasteiger partial charge in [0.15, 0.2) is 0 Å². The molecule has 0 radical (unpaired) electrons. The van der Waals surface area contributed by atoms with E-state index in [1.807, 2.05) is 25.1 Å². The van der Waals surface area contributed by atoms with E-state index in [0.717, 1.165) is 11.1 Å². The van der Waals surface area contributed by atoms with E-state index in [4.69, 9.17) is 11.6 Å². The van der Waals surface area contributed by atoms with Crippen molar-refractivity contribution in [3.05, 3.63) is 68.9 Å². The Hall–Kier alpha value is -2.61. The zero-order valence-corrected chi connectivity index (χ0v) is 14.3. The van der Waals surface area contributed by atoms with E-state index in [2.05, 4.69) is 14.7 Å². The first kappa shape index (κ1) is 18.2. The number of alkyl halides is 3. The van der Waals surface area contributed by atoms with Crippen LogP contribution in [-0.4, -0.2) is 14.7 Å². The summed E-state index contributed by atoms with van der Waals surface area (Å²) >= 11 is 6.08. The summed E-state index contributed by atoms with van der Waals surface area (Å²) in [5, 5.41) is 3.92. The zero-order chi connectivity index (χ0) is 18.9. The first-order valence-corrected chi connectivity index (χ1v) is 7.98. The molecule has 1 aromatic carbocycles. The molecule has 3 rings (SSSR count). The first-order chi connectivity index (χ1) is 12.2. The maximum absolute atomic E-state index is 12.5. The average molecular weight is 384 g/mol. The van der Waals surface area contributed by atoms with Crippen LogP contribution in [0.25, 0.3) is 11.4 Å². The first-order valence-electron chi connectivity index (χ1n) is 7.61. The highest BCUT2D eigenvalue weighted by molar-refractivity contribution is 6.31. The highest BCUT2D eigenvalue weighted by atomic mass is 35.5. The molecule has 136 valence electrons. The lowest BCUT2D eigenvalue weighted by Crippen LogP contribution is -2.19. The topological polar surface area (TPSA) is 60.9 Å². The second kappa shape index (κ2) is 6.95. The zero-order valence-electron chi connectivity index (χ0n) is 13.5. The fraction of sp³-hybridized carbons (Fsp3) is 0.235. The van der Waals surface area contributed by atoms with Crippen LogP contribution in [-0.2, 0) is 19.1 Å². The number of aryl methyl sites for hydroxylation is 3. The molecule has 3 aromatic rings. The van der Waals surface area contributed by atoms with Crippen molar-refractivity contribution in [3.63, 3.8) is 0 Å². The lowest BCUT2D eigenvalue weighted by molar-refractivity contribution is -0.159. The molecule has 0 spiro atoms. The molecule has 0 atom stereocenters. The lowest BCUT2D eigenvalue weighted by Gasteiger charge is -2.07. The largest absolute Gasteiger partial charge is 0.471 e. The van der Waals surface area contributed by atoms with Gasteiger partial charge in [0.25, 0.3) is 5.56 Å². The summed E-state index contributed by atoms with van der Waals surface area (Å²) in [5.74, 6) is -1.74. The lowest BCUT2D eigenvalue weighted by atomic mass is 10.1. The molecular weight excluding hydrogens is 371 g/mol. The van der Waals surface area contributed by atoms with Crippen LogP contribution < -0.4 is 5.56 Å². The number of hydrogen-bond acceptors (Lipinski definition) is 4. The molecule has 9 heteroatoms. The molecule has 0 bridgehead atoms. The van der Waals surface area contributed by atoms with Crippen LogP contribution in [0.5, 0.6) is 0 Å². The Morgan fingerprint density at radius 2 is 2.00 bits per heavy atom. The molecule has 26 heavy (non-hydrogen) atoms. The molecule has 0 N–H and O–H groups in total. The van der Waals surface area contributed by atoms with Crippen LogP contribution in [0.4, 0.5) is 13.2 Å². The van der Waals surface area contributed by atoms with Gasteiger partial charge in [0.2, 0.25) is 5.82 Å². The minimum atomic E-state index is -4.73. The highest BCUT2D eigenvalue weighted by Gasteiger charge is 2.38. The van der Waals surface area contributed by atoms with Crippen molar-refractivity contribution in [1.82, 2.24) is 14.7 Å². The standard InChI is InChI=1S/C17H13ClF3N3O2/c1-10-2-3-11(8-13(10)18)4-6-24-7-5-12(9-14(24)25)15-22-16(26-23-15)17(19,20)21/h2-3,5,7-9H,4,6H2,1H3. The predicted molar refractivity (Wildman–Crippen MR) is 88.9 cm³/mol. The molecule has 5 nitrogen and oxygen atoms in total. The molecule has 0 aliphatic carbocycles. The van der Waals surface area contributed by atoms with Crippen LogP contribution in [0, 0.1) is 6.92 Å². The van der Waals surface area contributed by atoms with Crippen molar-refractivity contribution in [1.29, 1.82) is 0 Å². The van der Waals surface area contributed by atoms with Gasteiger partial charge in [-0.05, 0) is 36.6 Å². The summed E-state index contributed by atoms with van der Waals surface area (Å²) in [7, 11) is 0. The molecule has 0 fully saturated rings. The van der Waals surface area contributed by atoms with Crippen LogP contribution in [0.1, 0.15) is 17.0 Å². The monoisotopic (exact) mass is 383 g/mol. The van der Waals surface area contributed by atoms with Gasteiger partial charge < -0.3 is 9.09 Å². The molecule has 2 heterocycles. The van der Waals surface area contributed by atoms with Gasteiger partial charge in [-0.3, -0.25) is 4.79 Å². The number of pyridine rings is 1. The van der Waals surface area contributed by atoms with Crippen molar-refractivity contribution >= 4 is 11.6 Å². The van der Waals surface area contributed by atoms with Gasteiger partial charge in [0, 0.05) is 29.4 Å². The van der Waals surface area contributed by atoms with Gasteiger partial charge in [-0.15, -0.1) is 0 Å². The van der Waals surface area contributed by atoms with Gasteiger partial charge in [-0.25, -0.2) is 0 Å². The Morgan fingerprint density at radius 1 is 1.23 bits per heavy atom. The van der Waals surface area contributed by atoms with E-state index < -0.39 is 12.1 Å². The van der Waals surface area contributed by atoms with Crippen molar-refractivity contribution in [2.24, 2.45) is 0 Å². The average Bonchev–Trinajstić information content (AvgIpc) is 3.07. The number of aromatic nitrogens is 3. The summed E-state index contributed by atoms with van der Waals surface area (Å²) in [6.45, 7) is 2.30. The number of benzene rings is 1. The minimum absolute atomic E-state index is 0.156. The van der Waals surface area contributed by atoms with E-state index in [1.54, 1.807) is 0 Å². The van der Waals surface area contributed by atoms with Gasteiger partial charge in [-0.1, -0.05) is 28.9 Å². The van der Waals surface area contributed by atoms with E-state index in [1.165, 1.54) is 22.9 Å². The number of halogens is 4. The van der Waals surface area contributed by atoms with Crippen LogP contribution in [0.2, 0.25) is 5.02 Å². The molecule has 0 saturated carbocycles. The Bertz CT molecular complexity index is 995. The van der Waals surface area contributed by atoms with Gasteiger partial charge >= 0.3 is 12.1 Å². The van der Waals surface area contributed by atoms with Gasteiger partial charge in [0.1, 0.15) is 0 Å². The Morgan fingerprint density at radius 3 is 2.62 bits per heavy atom. The minimum Gasteiger partial charge on any atom is -0.329 e. The smallest absolute Gasteiger partial charge is 0.329 e. The summed E-state index contributed by atoms with van der Waals surface area (Å²) in [4.78, 5) is 15.5. The quantitative estimate of drug-likeness (QED) is 0.680. The number of hydrogen-bond donors (Lipinski definition) is 0. The maximum Gasteiger partial charge on any atom is 0.471 e. The molecule has 0 saturated heterocycles. The second-order valence-corrected chi connectivity index (χ2v) is 6.11. The van der Waals surface area contributed by atoms with Gasteiger partial charge in [0.05, 0.1) is 0 Å². The summed E-state index contributed by atoms with van der Waals surface area (Å²) in [6, 6.07) is 8.31. The Balaban J connectivity index is 1.76. The number of nitrogens with zero attached hydrogens (tertiary/aromatic N) is 3. The van der Waals surface area contributed by atoms with Crippen molar-refractivity contribution in [3.8, 4) is 11.4 Å². The van der Waals surface area contributed by atoms with Crippen LogP contribution >= 0.6 is 11.6 Å². The normalized spacial score (nSPS) is 11.7. The van der Waals surface area contributed by atoms with Crippen molar-refractivity contribution in [2.75, 3.05) is 0 Å². The third-order valence-corrected chi connectivity index (χ3v) is 4.21. The molecule has 0 aliphatic heterocycles. The fourth-order valence-corrected chi connectivity index (χ4v) is 2.53. The highest BCUT2D eigenvalue weighted by Crippen LogP contribution is 2.29.